The molecule has 0 atom stereocenters. The second kappa shape index (κ2) is 5.24. The van der Waals surface area contributed by atoms with Crippen LogP contribution in [-0.4, -0.2) is 10.9 Å². The van der Waals surface area contributed by atoms with E-state index in [0.29, 0.717) is 16.8 Å². The van der Waals surface area contributed by atoms with Crippen molar-refractivity contribution >= 4 is 11.5 Å². The van der Waals surface area contributed by atoms with Crippen LogP contribution in [0.4, 0.5) is 5.69 Å². The van der Waals surface area contributed by atoms with E-state index in [-0.39, 0.29) is 16.9 Å². The number of anilines is 1. The Bertz CT molecular complexity index is 697. The zero-order valence-corrected chi connectivity index (χ0v) is 12.9. The topological polar surface area (TPSA) is 63.3 Å². The number of hydrogen-bond donors (Lipinski definition) is 2. The van der Waals surface area contributed by atoms with Gasteiger partial charge in [-0.3, -0.25) is 4.79 Å². The molecule has 0 aliphatic heterocycles. The van der Waals surface area contributed by atoms with Crippen LogP contribution in [0.25, 0.3) is 0 Å². The van der Waals surface area contributed by atoms with Crippen LogP contribution < -0.4 is 5.73 Å². The van der Waals surface area contributed by atoms with Gasteiger partial charge in [0, 0.05) is 16.8 Å². The fraction of sp³-hybridized carbons (Fsp3) is 0.278. The molecular weight excluding hydrogens is 262 g/mol. The molecule has 0 heterocycles. The predicted molar refractivity (Wildman–Crippen MR) is 85.8 cm³/mol. The molecule has 0 unspecified atom stereocenters. The summed E-state index contributed by atoms with van der Waals surface area (Å²) in [6.45, 7) is 7.95. The summed E-state index contributed by atoms with van der Waals surface area (Å²) < 4.78 is 0. The Kier molecular flexibility index (Phi) is 3.77. The minimum Gasteiger partial charge on any atom is -0.507 e. The van der Waals surface area contributed by atoms with Gasteiger partial charge < -0.3 is 10.8 Å². The van der Waals surface area contributed by atoms with Gasteiger partial charge in [0.15, 0.2) is 5.78 Å². The lowest BCUT2D eigenvalue weighted by Gasteiger charge is -2.22. The number of nitrogen functional groups attached to an aromatic ring is 1. The third-order valence-electron chi connectivity index (χ3n) is 3.46. The first kappa shape index (κ1) is 15.1. The van der Waals surface area contributed by atoms with Gasteiger partial charge in [-0.15, -0.1) is 0 Å². The molecule has 0 aliphatic rings. The summed E-state index contributed by atoms with van der Waals surface area (Å²) in [7, 11) is 0. The van der Waals surface area contributed by atoms with E-state index in [0.717, 1.165) is 11.1 Å². The van der Waals surface area contributed by atoms with E-state index in [4.69, 9.17) is 5.73 Å². The molecule has 3 heteroatoms. The first-order valence-electron chi connectivity index (χ1n) is 6.94. The molecule has 0 saturated carbocycles. The first-order chi connectivity index (χ1) is 9.70. The normalized spacial score (nSPS) is 11.4. The predicted octanol–water partition coefficient (Wildman–Crippen LogP) is 3.81. The molecule has 0 saturated heterocycles. The molecule has 0 amide bonds. The van der Waals surface area contributed by atoms with Crippen molar-refractivity contribution in [3.8, 4) is 5.75 Å². The number of hydrogen-bond acceptors (Lipinski definition) is 3. The van der Waals surface area contributed by atoms with Crippen molar-refractivity contribution in [2.75, 3.05) is 5.73 Å². The van der Waals surface area contributed by atoms with Crippen LogP contribution >= 0.6 is 0 Å². The number of rotatable bonds is 2. The Hall–Kier alpha value is -2.29. The number of phenols is 1. The number of benzene rings is 2. The van der Waals surface area contributed by atoms with E-state index in [1.54, 1.807) is 30.3 Å². The van der Waals surface area contributed by atoms with Crippen LogP contribution in [0.3, 0.4) is 0 Å². The number of phenolic OH excluding ortho intramolecular Hbond substituents is 1. The van der Waals surface area contributed by atoms with Gasteiger partial charge in [-0.05, 0) is 36.1 Å². The van der Waals surface area contributed by atoms with Crippen molar-refractivity contribution < 1.29 is 9.90 Å². The Morgan fingerprint density at radius 1 is 1.14 bits per heavy atom. The summed E-state index contributed by atoms with van der Waals surface area (Å²) in [5, 5.41) is 10.5. The largest absolute Gasteiger partial charge is 0.507 e. The van der Waals surface area contributed by atoms with E-state index in [2.05, 4.69) is 0 Å². The molecule has 0 radical (unpaired) electrons. The zero-order chi connectivity index (χ0) is 15.8. The highest BCUT2D eigenvalue weighted by Gasteiger charge is 2.24. The summed E-state index contributed by atoms with van der Waals surface area (Å²) in [6, 6.07) is 10.4. The highest BCUT2D eigenvalue weighted by Crippen LogP contribution is 2.35. The maximum absolute atomic E-state index is 12.6. The summed E-state index contributed by atoms with van der Waals surface area (Å²) in [4.78, 5) is 12.6. The second-order valence-electron chi connectivity index (χ2n) is 6.41. The van der Waals surface area contributed by atoms with Gasteiger partial charge in [0.25, 0.3) is 0 Å². The van der Waals surface area contributed by atoms with Gasteiger partial charge in [-0.25, -0.2) is 0 Å². The number of ketones is 1. The third-order valence-corrected chi connectivity index (χ3v) is 3.46. The zero-order valence-electron chi connectivity index (χ0n) is 12.9. The SMILES string of the molecule is Cc1cc(C(=O)c2cccc(N)c2)c(O)c(C(C)(C)C)c1. The lowest BCUT2D eigenvalue weighted by molar-refractivity contribution is 0.103. The fourth-order valence-electron chi connectivity index (χ4n) is 2.36. The second-order valence-corrected chi connectivity index (χ2v) is 6.41. The van der Waals surface area contributed by atoms with E-state index in [1.165, 1.54) is 0 Å². The molecule has 0 aliphatic carbocycles. The minimum atomic E-state index is -0.235. The Labute approximate surface area is 125 Å². The van der Waals surface area contributed by atoms with Gasteiger partial charge in [-0.1, -0.05) is 39.0 Å². The van der Waals surface area contributed by atoms with Gasteiger partial charge in [0.05, 0.1) is 5.56 Å². The van der Waals surface area contributed by atoms with Gasteiger partial charge in [0.1, 0.15) is 5.75 Å². The first-order valence-corrected chi connectivity index (χ1v) is 6.94. The quantitative estimate of drug-likeness (QED) is 0.650. The monoisotopic (exact) mass is 283 g/mol. The van der Waals surface area contributed by atoms with Gasteiger partial charge in [0.2, 0.25) is 0 Å². The van der Waals surface area contributed by atoms with Crippen LogP contribution in [0, 0.1) is 6.92 Å². The molecule has 110 valence electrons. The van der Waals surface area contributed by atoms with E-state index in [9.17, 15) is 9.90 Å². The smallest absolute Gasteiger partial charge is 0.196 e. The van der Waals surface area contributed by atoms with Gasteiger partial charge >= 0.3 is 0 Å². The lowest BCUT2D eigenvalue weighted by atomic mass is 9.83. The average Bonchev–Trinajstić information content (AvgIpc) is 2.39. The summed E-state index contributed by atoms with van der Waals surface area (Å²) >= 11 is 0. The molecule has 3 nitrogen and oxygen atoms in total. The van der Waals surface area contributed by atoms with Crippen molar-refractivity contribution in [2.24, 2.45) is 0 Å². The molecular formula is C18H21NO2. The molecule has 2 aromatic carbocycles. The highest BCUT2D eigenvalue weighted by atomic mass is 16.3. The number of aromatic hydroxyl groups is 1. The number of nitrogens with two attached hydrogens (primary N) is 1. The molecule has 3 N–H and O–H groups in total. The summed E-state index contributed by atoms with van der Waals surface area (Å²) in [5.74, 6) is -0.158. The van der Waals surface area contributed by atoms with Crippen molar-refractivity contribution in [3.63, 3.8) is 0 Å². The van der Waals surface area contributed by atoms with E-state index < -0.39 is 0 Å². The molecule has 0 bridgehead atoms. The highest BCUT2D eigenvalue weighted by molar-refractivity contribution is 6.11. The summed E-state index contributed by atoms with van der Waals surface area (Å²) in [5.41, 5.74) is 8.55. The maximum Gasteiger partial charge on any atom is 0.196 e. The van der Waals surface area contributed by atoms with Crippen LogP contribution in [-0.2, 0) is 5.41 Å². The van der Waals surface area contributed by atoms with Crippen LogP contribution in [0.2, 0.25) is 0 Å². The van der Waals surface area contributed by atoms with Crippen molar-refractivity contribution in [2.45, 2.75) is 33.1 Å². The van der Waals surface area contributed by atoms with Crippen molar-refractivity contribution in [3.05, 3.63) is 58.7 Å². The molecule has 0 spiro atoms. The van der Waals surface area contributed by atoms with Crippen molar-refractivity contribution in [1.82, 2.24) is 0 Å². The number of carbonyl (C=O) groups excluding carboxylic acids is 1. The van der Waals surface area contributed by atoms with Crippen LogP contribution in [0.1, 0.15) is 47.8 Å². The number of aryl methyl sites for hydroxylation is 1. The third kappa shape index (κ3) is 3.07. The Morgan fingerprint density at radius 3 is 2.38 bits per heavy atom. The minimum absolute atomic E-state index is 0.0560. The van der Waals surface area contributed by atoms with Crippen LogP contribution in [0.15, 0.2) is 36.4 Å². The van der Waals surface area contributed by atoms with Crippen LogP contribution in [0.5, 0.6) is 5.75 Å². The maximum atomic E-state index is 12.6. The Balaban J connectivity index is 2.59. The Morgan fingerprint density at radius 2 is 1.81 bits per heavy atom. The van der Waals surface area contributed by atoms with Crippen molar-refractivity contribution in [1.29, 1.82) is 0 Å². The fourth-order valence-corrected chi connectivity index (χ4v) is 2.36. The molecule has 21 heavy (non-hydrogen) atoms. The standard InChI is InChI=1S/C18H21NO2/c1-11-8-14(17(21)15(9-11)18(2,3)4)16(20)12-6-5-7-13(19)10-12/h5-10,21H,19H2,1-4H3. The summed E-state index contributed by atoms with van der Waals surface area (Å²) in [6.07, 6.45) is 0. The molecule has 2 rings (SSSR count). The molecule has 0 fully saturated rings. The number of carbonyl (C=O) groups is 1. The molecule has 0 aromatic heterocycles. The van der Waals surface area contributed by atoms with E-state index >= 15 is 0 Å². The van der Waals surface area contributed by atoms with E-state index in [1.807, 2.05) is 33.8 Å². The average molecular weight is 283 g/mol. The molecule has 2 aromatic rings. The lowest BCUT2D eigenvalue weighted by Crippen LogP contribution is -2.14. The van der Waals surface area contributed by atoms with Gasteiger partial charge in [-0.2, -0.15) is 0 Å².